The van der Waals surface area contributed by atoms with Gasteiger partial charge in [0.1, 0.15) is 5.75 Å². The third-order valence-corrected chi connectivity index (χ3v) is 6.73. The summed E-state index contributed by atoms with van der Waals surface area (Å²) >= 11 is 0. The average Bonchev–Trinajstić information content (AvgIpc) is 2.77. The van der Waals surface area contributed by atoms with E-state index in [1.54, 1.807) is 24.3 Å². The number of benzene rings is 2. The minimum atomic E-state index is -3.75. The highest BCUT2D eigenvalue weighted by atomic mass is 32.2. The lowest BCUT2D eigenvalue weighted by Gasteiger charge is -2.35. The van der Waals surface area contributed by atoms with Gasteiger partial charge in [-0.15, -0.1) is 0 Å². The van der Waals surface area contributed by atoms with Crippen molar-refractivity contribution >= 4 is 27.7 Å². The standard InChI is InChI=1S/C21H26N4O5S/c1-23(2)31(28,29)24(3)15-20(26)25-14-19(30-18-12-8-7-11-17(18)25)21(27)22-13-16-9-5-4-6-10-16/h4-12,19H,13-15H2,1-3H3,(H,22,27)/t19-/m0/s1. The number of amides is 2. The first-order chi connectivity index (χ1) is 14.7. The van der Waals surface area contributed by atoms with Gasteiger partial charge in [-0.3, -0.25) is 9.59 Å². The third-order valence-electron chi connectivity index (χ3n) is 4.89. The molecule has 2 aromatic carbocycles. The van der Waals surface area contributed by atoms with Crippen molar-refractivity contribution in [2.45, 2.75) is 12.6 Å². The van der Waals surface area contributed by atoms with Crippen LogP contribution < -0.4 is 15.0 Å². The summed E-state index contributed by atoms with van der Waals surface area (Å²) < 4.78 is 32.4. The van der Waals surface area contributed by atoms with E-state index in [-0.39, 0.29) is 19.0 Å². The Bertz CT molecular complexity index is 1040. The number of rotatable bonds is 7. The van der Waals surface area contributed by atoms with E-state index in [1.807, 2.05) is 30.3 Å². The number of hydrogen-bond acceptors (Lipinski definition) is 5. The number of carbonyl (C=O) groups excluding carboxylic acids is 2. The fraction of sp³-hybridized carbons (Fsp3) is 0.333. The molecule has 2 aromatic rings. The Kier molecular flexibility index (Phi) is 6.94. The van der Waals surface area contributed by atoms with Gasteiger partial charge in [-0.25, -0.2) is 0 Å². The Hall–Kier alpha value is -2.95. The summed E-state index contributed by atoms with van der Waals surface area (Å²) in [5, 5.41) is 2.82. The molecule has 1 N–H and O–H groups in total. The van der Waals surface area contributed by atoms with Crippen molar-refractivity contribution in [1.82, 2.24) is 13.9 Å². The van der Waals surface area contributed by atoms with E-state index >= 15 is 0 Å². The molecule has 31 heavy (non-hydrogen) atoms. The average molecular weight is 447 g/mol. The molecule has 0 fully saturated rings. The van der Waals surface area contributed by atoms with Crippen molar-refractivity contribution in [2.75, 3.05) is 39.1 Å². The zero-order chi connectivity index (χ0) is 22.6. The van der Waals surface area contributed by atoms with Crippen LogP contribution in [0.15, 0.2) is 54.6 Å². The molecular weight excluding hydrogens is 420 g/mol. The van der Waals surface area contributed by atoms with E-state index in [9.17, 15) is 18.0 Å². The Morgan fingerprint density at radius 1 is 1.06 bits per heavy atom. The van der Waals surface area contributed by atoms with Crippen LogP contribution in [0.25, 0.3) is 0 Å². The van der Waals surface area contributed by atoms with E-state index in [1.165, 1.54) is 26.0 Å². The molecule has 9 nitrogen and oxygen atoms in total. The molecule has 0 radical (unpaired) electrons. The van der Waals surface area contributed by atoms with E-state index in [4.69, 9.17) is 4.74 Å². The molecular formula is C21H26N4O5S. The smallest absolute Gasteiger partial charge is 0.281 e. The molecule has 1 atom stereocenters. The molecule has 0 saturated heterocycles. The third kappa shape index (κ3) is 5.22. The first-order valence-electron chi connectivity index (χ1n) is 9.71. The second kappa shape index (κ2) is 9.46. The summed E-state index contributed by atoms with van der Waals surface area (Å²) in [6.45, 7) is -0.0571. The van der Waals surface area contributed by atoms with Crippen LogP contribution in [0.5, 0.6) is 5.75 Å². The molecule has 1 aliphatic heterocycles. The molecule has 2 amide bonds. The van der Waals surface area contributed by atoms with Gasteiger partial charge in [-0.2, -0.15) is 17.0 Å². The van der Waals surface area contributed by atoms with Gasteiger partial charge in [-0.1, -0.05) is 42.5 Å². The number of nitrogens with one attached hydrogen (secondary N) is 1. The largest absolute Gasteiger partial charge is 0.477 e. The van der Waals surface area contributed by atoms with Gasteiger partial charge in [0, 0.05) is 27.7 Å². The maximum absolute atomic E-state index is 13.0. The van der Waals surface area contributed by atoms with Crippen LogP contribution >= 0.6 is 0 Å². The molecule has 0 aromatic heterocycles. The summed E-state index contributed by atoms with van der Waals surface area (Å²) in [6.07, 6.45) is -0.918. The van der Waals surface area contributed by atoms with E-state index in [0.717, 1.165) is 14.2 Å². The highest BCUT2D eigenvalue weighted by molar-refractivity contribution is 7.86. The Balaban J connectivity index is 1.75. The van der Waals surface area contributed by atoms with Crippen molar-refractivity contribution in [3.63, 3.8) is 0 Å². The number of hydrogen-bond donors (Lipinski definition) is 1. The van der Waals surface area contributed by atoms with Gasteiger partial charge < -0.3 is 15.0 Å². The van der Waals surface area contributed by atoms with Crippen molar-refractivity contribution in [3.05, 3.63) is 60.2 Å². The van der Waals surface area contributed by atoms with E-state index < -0.39 is 22.2 Å². The molecule has 0 spiro atoms. The normalized spacial score (nSPS) is 16.0. The SMILES string of the molecule is CN(C)S(=O)(=O)N(C)CC(=O)N1C[C@@H](C(=O)NCc2ccccc2)Oc2ccccc21. The second-order valence-corrected chi connectivity index (χ2v) is 9.58. The Morgan fingerprint density at radius 2 is 1.71 bits per heavy atom. The predicted molar refractivity (Wildman–Crippen MR) is 117 cm³/mol. The first-order valence-corrected chi connectivity index (χ1v) is 11.1. The van der Waals surface area contributed by atoms with Crippen molar-refractivity contribution in [3.8, 4) is 5.75 Å². The monoisotopic (exact) mass is 446 g/mol. The minimum Gasteiger partial charge on any atom is -0.477 e. The fourth-order valence-corrected chi connectivity index (χ4v) is 3.97. The lowest BCUT2D eigenvalue weighted by atomic mass is 10.1. The van der Waals surface area contributed by atoms with Crippen LogP contribution in [-0.2, 0) is 26.3 Å². The van der Waals surface area contributed by atoms with Crippen molar-refractivity contribution in [1.29, 1.82) is 0 Å². The summed E-state index contributed by atoms with van der Waals surface area (Å²) in [4.78, 5) is 27.1. The Labute approximate surface area is 182 Å². The molecule has 3 rings (SSSR count). The van der Waals surface area contributed by atoms with Crippen molar-refractivity contribution < 1.29 is 22.7 Å². The lowest BCUT2D eigenvalue weighted by Crippen LogP contribution is -2.53. The molecule has 166 valence electrons. The summed E-state index contributed by atoms with van der Waals surface area (Å²) in [5.74, 6) is -0.421. The minimum absolute atomic E-state index is 0.0215. The van der Waals surface area contributed by atoms with Crippen LogP contribution in [0.2, 0.25) is 0 Å². The van der Waals surface area contributed by atoms with Gasteiger partial charge in [-0.05, 0) is 17.7 Å². The van der Waals surface area contributed by atoms with Crippen LogP contribution in [0, 0.1) is 0 Å². The van der Waals surface area contributed by atoms with Gasteiger partial charge >= 0.3 is 0 Å². The van der Waals surface area contributed by atoms with Gasteiger partial charge in [0.15, 0.2) is 6.10 Å². The molecule has 10 heteroatoms. The van der Waals surface area contributed by atoms with Gasteiger partial charge in [0.2, 0.25) is 5.91 Å². The van der Waals surface area contributed by atoms with E-state index in [0.29, 0.717) is 18.0 Å². The summed E-state index contributed by atoms with van der Waals surface area (Å²) in [6, 6.07) is 16.3. The van der Waals surface area contributed by atoms with Gasteiger partial charge in [0.05, 0.1) is 18.8 Å². The van der Waals surface area contributed by atoms with Crippen molar-refractivity contribution in [2.24, 2.45) is 0 Å². The molecule has 0 bridgehead atoms. The number of likely N-dealkylation sites (N-methyl/N-ethyl adjacent to an activating group) is 1. The van der Waals surface area contributed by atoms with Gasteiger partial charge in [0.25, 0.3) is 16.1 Å². The molecule has 0 saturated carbocycles. The highest BCUT2D eigenvalue weighted by Gasteiger charge is 2.35. The maximum Gasteiger partial charge on any atom is 0.281 e. The summed E-state index contributed by atoms with van der Waals surface area (Å²) in [7, 11) is 0.381. The van der Waals surface area contributed by atoms with Crippen LogP contribution in [-0.4, -0.2) is 69.2 Å². The van der Waals surface area contributed by atoms with Crippen LogP contribution in [0.4, 0.5) is 5.69 Å². The molecule has 1 heterocycles. The number of ether oxygens (including phenoxy) is 1. The van der Waals surface area contributed by atoms with Crippen LogP contribution in [0.1, 0.15) is 5.56 Å². The summed E-state index contributed by atoms with van der Waals surface area (Å²) in [5.41, 5.74) is 1.44. The zero-order valence-electron chi connectivity index (χ0n) is 17.7. The second-order valence-electron chi connectivity index (χ2n) is 7.33. The Morgan fingerprint density at radius 3 is 2.39 bits per heavy atom. The number of para-hydroxylation sites is 2. The zero-order valence-corrected chi connectivity index (χ0v) is 18.5. The van der Waals surface area contributed by atoms with Crippen LogP contribution in [0.3, 0.4) is 0 Å². The maximum atomic E-state index is 13.0. The quantitative estimate of drug-likeness (QED) is 0.679. The molecule has 0 aliphatic carbocycles. The molecule has 0 unspecified atom stereocenters. The molecule has 1 aliphatic rings. The number of fused-ring (bicyclic) bond motifs is 1. The number of anilines is 1. The number of nitrogens with zero attached hydrogens (tertiary/aromatic N) is 3. The fourth-order valence-electron chi connectivity index (χ4n) is 3.14. The lowest BCUT2D eigenvalue weighted by molar-refractivity contribution is -0.128. The first kappa shape index (κ1) is 22.7. The highest BCUT2D eigenvalue weighted by Crippen LogP contribution is 2.33. The van der Waals surface area contributed by atoms with E-state index in [2.05, 4.69) is 5.32 Å². The topological polar surface area (TPSA) is 99.3 Å². The predicted octanol–water partition coefficient (Wildman–Crippen LogP) is 0.835. The number of carbonyl (C=O) groups is 2.